The van der Waals surface area contributed by atoms with E-state index in [-0.39, 0.29) is 19.1 Å². The molecule has 0 saturated heterocycles. The Morgan fingerprint density at radius 1 is 1.26 bits per heavy atom. The van der Waals surface area contributed by atoms with E-state index in [0.717, 1.165) is 32.1 Å². The summed E-state index contributed by atoms with van der Waals surface area (Å²) >= 11 is 0. The highest BCUT2D eigenvalue weighted by Gasteiger charge is 2.35. The van der Waals surface area contributed by atoms with Gasteiger partial charge >= 0.3 is 0 Å². The quantitative estimate of drug-likeness (QED) is 0.762. The number of amides is 1. The third kappa shape index (κ3) is 5.34. The number of aliphatic hydroxyl groups excluding tert-OH is 1. The van der Waals surface area contributed by atoms with Gasteiger partial charge in [0.1, 0.15) is 5.54 Å². The number of nitriles is 1. The van der Waals surface area contributed by atoms with Gasteiger partial charge < -0.3 is 10.4 Å². The topological polar surface area (TPSA) is 76.4 Å². The molecule has 0 aliphatic heterocycles. The van der Waals surface area contributed by atoms with Gasteiger partial charge in [-0.05, 0) is 37.7 Å². The number of rotatable bonds is 8. The Morgan fingerprint density at radius 3 is 2.57 bits per heavy atom. The molecule has 0 bridgehead atoms. The highest BCUT2D eigenvalue weighted by atomic mass is 16.3. The first-order valence-corrected chi connectivity index (χ1v) is 8.27. The van der Waals surface area contributed by atoms with E-state index in [1.54, 1.807) is 0 Å². The zero-order chi connectivity index (χ0) is 16.5. The van der Waals surface area contributed by atoms with Gasteiger partial charge in [0.2, 0.25) is 5.91 Å². The molecule has 1 aliphatic rings. The predicted octanol–water partition coefficient (Wildman–Crippen LogP) is 1.48. The molecule has 1 aromatic carbocycles. The third-order valence-electron chi connectivity index (χ3n) is 4.39. The van der Waals surface area contributed by atoms with Crippen LogP contribution in [0.5, 0.6) is 0 Å². The second-order valence-corrected chi connectivity index (χ2v) is 6.18. The predicted molar refractivity (Wildman–Crippen MR) is 88.6 cm³/mol. The molecule has 2 N–H and O–H groups in total. The van der Waals surface area contributed by atoms with Crippen LogP contribution in [0.15, 0.2) is 30.3 Å². The summed E-state index contributed by atoms with van der Waals surface area (Å²) in [5.41, 5.74) is 0.529. The van der Waals surface area contributed by atoms with Gasteiger partial charge in [-0.2, -0.15) is 5.26 Å². The van der Waals surface area contributed by atoms with Crippen molar-refractivity contribution in [3.8, 4) is 6.07 Å². The highest BCUT2D eigenvalue weighted by Crippen LogP contribution is 2.28. The Labute approximate surface area is 137 Å². The zero-order valence-corrected chi connectivity index (χ0v) is 13.5. The second-order valence-electron chi connectivity index (χ2n) is 6.18. The Hall–Kier alpha value is -1.90. The fraction of sp³-hybridized carbons (Fsp3) is 0.556. The molecule has 1 saturated carbocycles. The molecule has 1 amide bonds. The van der Waals surface area contributed by atoms with Crippen molar-refractivity contribution in [3.05, 3.63) is 35.9 Å². The van der Waals surface area contributed by atoms with E-state index < -0.39 is 5.54 Å². The summed E-state index contributed by atoms with van der Waals surface area (Å²) in [5, 5.41) is 21.4. The lowest BCUT2D eigenvalue weighted by atomic mass is 10.00. The summed E-state index contributed by atoms with van der Waals surface area (Å²) < 4.78 is 0. The minimum Gasteiger partial charge on any atom is -0.395 e. The van der Waals surface area contributed by atoms with Gasteiger partial charge in [0.25, 0.3) is 0 Å². The summed E-state index contributed by atoms with van der Waals surface area (Å²) in [5.74, 6) is -0.130. The molecule has 1 aliphatic carbocycles. The molecule has 1 fully saturated rings. The van der Waals surface area contributed by atoms with Gasteiger partial charge in [-0.3, -0.25) is 9.69 Å². The molecule has 5 nitrogen and oxygen atoms in total. The summed E-state index contributed by atoms with van der Waals surface area (Å²) in [6.07, 6.45) is 4.28. The Kier molecular flexibility index (Phi) is 6.57. The van der Waals surface area contributed by atoms with Crippen LogP contribution < -0.4 is 5.32 Å². The van der Waals surface area contributed by atoms with Gasteiger partial charge in [-0.15, -0.1) is 0 Å². The van der Waals surface area contributed by atoms with Gasteiger partial charge in [0, 0.05) is 13.1 Å². The highest BCUT2D eigenvalue weighted by molar-refractivity contribution is 5.79. The third-order valence-corrected chi connectivity index (χ3v) is 4.39. The summed E-state index contributed by atoms with van der Waals surface area (Å²) in [4.78, 5) is 14.2. The van der Waals surface area contributed by atoms with Crippen LogP contribution >= 0.6 is 0 Å². The van der Waals surface area contributed by atoms with Crippen molar-refractivity contribution in [1.29, 1.82) is 5.26 Å². The van der Waals surface area contributed by atoms with E-state index in [0.29, 0.717) is 13.1 Å². The lowest BCUT2D eigenvalue weighted by Gasteiger charge is -2.25. The molecule has 0 spiro atoms. The van der Waals surface area contributed by atoms with Crippen LogP contribution in [0.3, 0.4) is 0 Å². The van der Waals surface area contributed by atoms with Crippen molar-refractivity contribution in [1.82, 2.24) is 10.2 Å². The van der Waals surface area contributed by atoms with Crippen LogP contribution in [-0.2, 0) is 11.2 Å². The molecule has 0 atom stereocenters. The lowest BCUT2D eigenvalue weighted by Crippen LogP contribution is -2.49. The van der Waals surface area contributed by atoms with E-state index in [1.165, 1.54) is 5.56 Å². The van der Waals surface area contributed by atoms with Crippen LogP contribution in [0.2, 0.25) is 0 Å². The number of nitrogens with one attached hydrogen (secondary N) is 1. The first-order chi connectivity index (χ1) is 11.2. The van der Waals surface area contributed by atoms with E-state index in [1.807, 2.05) is 23.1 Å². The zero-order valence-electron chi connectivity index (χ0n) is 13.5. The Bertz CT molecular complexity index is 533. The number of hydrogen-bond donors (Lipinski definition) is 2. The summed E-state index contributed by atoms with van der Waals surface area (Å²) in [6.45, 7) is 1.40. The number of nitrogens with zero attached hydrogens (tertiary/aromatic N) is 2. The smallest absolute Gasteiger partial charge is 0.235 e. The van der Waals surface area contributed by atoms with Crippen LogP contribution in [0, 0.1) is 11.3 Å². The maximum Gasteiger partial charge on any atom is 0.235 e. The Morgan fingerprint density at radius 2 is 1.96 bits per heavy atom. The number of carbonyl (C=O) groups is 1. The molecule has 0 heterocycles. The molecule has 2 rings (SSSR count). The van der Waals surface area contributed by atoms with Crippen molar-refractivity contribution in [2.45, 2.75) is 37.6 Å². The number of hydrogen-bond acceptors (Lipinski definition) is 4. The lowest BCUT2D eigenvalue weighted by molar-refractivity contribution is -0.123. The molecular weight excluding hydrogens is 290 g/mol. The van der Waals surface area contributed by atoms with Crippen LogP contribution in [0.4, 0.5) is 0 Å². The van der Waals surface area contributed by atoms with Crippen LogP contribution in [-0.4, -0.2) is 47.7 Å². The van der Waals surface area contributed by atoms with E-state index >= 15 is 0 Å². The maximum absolute atomic E-state index is 12.3. The molecule has 5 heteroatoms. The first-order valence-electron chi connectivity index (χ1n) is 8.27. The van der Waals surface area contributed by atoms with Gasteiger partial charge in [-0.1, -0.05) is 30.3 Å². The molecule has 0 aromatic heterocycles. The second kappa shape index (κ2) is 8.66. The number of benzene rings is 1. The van der Waals surface area contributed by atoms with Crippen molar-refractivity contribution in [3.63, 3.8) is 0 Å². The minimum atomic E-state index is -0.679. The largest absolute Gasteiger partial charge is 0.395 e. The number of carbonyl (C=O) groups excluding carboxylic acids is 1. The molecule has 124 valence electrons. The van der Waals surface area contributed by atoms with Crippen molar-refractivity contribution >= 4 is 5.91 Å². The van der Waals surface area contributed by atoms with Crippen LogP contribution in [0.25, 0.3) is 0 Å². The van der Waals surface area contributed by atoms with Gasteiger partial charge in [-0.25, -0.2) is 0 Å². The van der Waals surface area contributed by atoms with E-state index in [9.17, 15) is 15.2 Å². The summed E-state index contributed by atoms with van der Waals surface area (Å²) in [6, 6.07) is 12.4. The normalized spacial score (nSPS) is 16.2. The molecule has 1 aromatic rings. The minimum absolute atomic E-state index is 0.0193. The molecule has 0 radical (unpaired) electrons. The van der Waals surface area contributed by atoms with Crippen molar-refractivity contribution in [2.75, 3.05) is 26.2 Å². The molecule has 23 heavy (non-hydrogen) atoms. The summed E-state index contributed by atoms with van der Waals surface area (Å²) in [7, 11) is 0. The average molecular weight is 315 g/mol. The number of aliphatic hydroxyl groups is 1. The van der Waals surface area contributed by atoms with E-state index in [4.69, 9.17) is 0 Å². The molecular formula is C18H25N3O2. The maximum atomic E-state index is 12.3. The fourth-order valence-corrected chi connectivity index (χ4v) is 3.10. The van der Waals surface area contributed by atoms with Crippen molar-refractivity contribution in [2.24, 2.45) is 0 Å². The van der Waals surface area contributed by atoms with Crippen LogP contribution in [0.1, 0.15) is 31.2 Å². The molecule has 0 unspecified atom stereocenters. The fourth-order valence-electron chi connectivity index (χ4n) is 3.10. The van der Waals surface area contributed by atoms with Gasteiger partial charge in [0.15, 0.2) is 0 Å². The van der Waals surface area contributed by atoms with Gasteiger partial charge in [0.05, 0.1) is 19.2 Å². The van der Waals surface area contributed by atoms with Crippen molar-refractivity contribution < 1.29 is 9.90 Å². The monoisotopic (exact) mass is 315 g/mol. The average Bonchev–Trinajstić information content (AvgIpc) is 3.03. The van der Waals surface area contributed by atoms with E-state index in [2.05, 4.69) is 23.5 Å². The SMILES string of the molecule is N#CC1(NC(=O)CN(CCO)CCc2ccccc2)CCCC1. The Balaban J connectivity index is 1.85. The standard InChI is InChI=1S/C18H25N3O2/c19-15-18(9-4-5-10-18)20-17(23)14-21(12-13-22)11-8-16-6-2-1-3-7-16/h1-3,6-7,22H,4-5,8-14H2,(H,20,23). The first kappa shape index (κ1) is 17.5.